The minimum Gasteiger partial charge on any atom is -0.397 e. The first-order valence-corrected chi connectivity index (χ1v) is 8.00. The molecular formula is C15H19N3O2S. The SMILES string of the molecule is COCCNC(=O)c1sc2nc3c(cc2c1N)CCCC3. The number of amides is 1. The molecule has 3 rings (SSSR count). The monoisotopic (exact) mass is 305 g/mol. The smallest absolute Gasteiger partial charge is 0.263 e. The van der Waals surface area contributed by atoms with Crippen molar-refractivity contribution in [2.75, 3.05) is 26.0 Å². The van der Waals surface area contributed by atoms with Crippen molar-refractivity contribution in [3.63, 3.8) is 0 Å². The molecule has 21 heavy (non-hydrogen) atoms. The van der Waals surface area contributed by atoms with Gasteiger partial charge in [0.25, 0.3) is 5.91 Å². The normalized spacial score (nSPS) is 14.1. The molecule has 0 aromatic carbocycles. The highest BCUT2D eigenvalue weighted by Gasteiger charge is 2.20. The van der Waals surface area contributed by atoms with Crippen LogP contribution in [0, 0.1) is 0 Å². The molecule has 1 aliphatic carbocycles. The Labute approximate surface area is 127 Å². The molecule has 1 amide bonds. The molecule has 6 heteroatoms. The van der Waals surface area contributed by atoms with Crippen LogP contribution in [0.1, 0.15) is 33.8 Å². The summed E-state index contributed by atoms with van der Waals surface area (Å²) in [6.45, 7) is 0.968. The summed E-state index contributed by atoms with van der Waals surface area (Å²) in [5, 5.41) is 3.72. The lowest BCUT2D eigenvalue weighted by molar-refractivity contribution is 0.0942. The summed E-state index contributed by atoms with van der Waals surface area (Å²) in [6.07, 6.45) is 4.48. The van der Waals surface area contributed by atoms with E-state index in [2.05, 4.69) is 11.4 Å². The number of carbonyl (C=O) groups is 1. The number of methoxy groups -OCH3 is 1. The van der Waals surface area contributed by atoms with E-state index in [1.165, 1.54) is 35.4 Å². The fourth-order valence-corrected chi connectivity index (χ4v) is 3.69. The van der Waals surface area contributed by atoms with Crippen LogP contribution in [0.3, 0.4) is 0 Å². The Balaban J connectivity index is 1.93. The summed E-state index contributed by atoms with van der Waals surface area (Å²) in [5.41, 5.74) is 9.15. The Bertz CT molecular complexity index is 681. The zero-order chi connectivity index (χ0) is 14.8. The Morgan fingerprint density at radius 1 is 1.48 bits per heavy atom. The van der Waals surface area contributed by atoms with E-state index >= 15 is 0 Å². The predicted octanol–water partition coefficient (Wildman–Crippen LogP) is 2.13. The van der Waals surface area contributed by atoms with Gasteiger partial charge in [0.05, 0.1) is 12.3 Å². The number of carbonyl (C=O) groups excluding carboxylic acids is 1. The van der Waals surface area contributed by atoms with Crippen LogP contribution in [-0.2, 0) is 17.6 Å². The molecule has 0 saturated carbocycles. The molecule has 112 valence electrons. The number of ether oxygens (including phenoxy) is 1. The second-order valence-corrected chi connectivity index (χ2v) is 6.25. The van der Waals surface area contributed by atoms with Crippen LogP contribution in [0.5, 0.6) is 0 Å². The number of hydrogen-bond acceptors (Lipinski definition) is 5. The number of nitrogens with two attached hydrogens (primary N) is 1. The van der Waals surface area contributed by atoms with Gasteiger partial charge in [-0.1, -0.05) is 0 Å². The van der Waals surface area contributed by atoms with Crippen LogP contribution in [-0.4, -0.2) is 31.2 Å². The van der Waals surface area contributed by atoms with Gasteiger partial charge in [0.1, 0.15) is 9.71 Å². The van der Waals surface area contributed by atoms with E-state index in [1.54, 1.807) is 7.11 Å². The van der Waals surface area contributed by atoms with E-state index in [-0.39, 0.29) is 5.91 Å². The zero-order valence-corrected chi connectivity index (χ0v) is 12.9. The number of aromatic nitrogens is 1. The highest BCUT2D eigenvalue weighted by atomic mass is 32.1. The average molecular weight is 305 g/mol. The van der Waals surface area contributed by atoms with Gasteiger partial charge < -0.3 is 15.8 Å². The van der Waals surface area contributed by atoms with Crippen LogP contribution in [0.15, 0.2) is 6.07 Å². The molecule has 2 heterocycles. The van der Waals surface area contributed by atoms with Crippen molar-refractivity contribution in [3.8, 4) is 0 Å². The number of rotatable bonds is 4. The molecule has 2 aromatic heterocycles. The van der Waals surface area contributed by atoms with Crippen LogP contribution >= 0.6 is 11.3 Å². The van der Waals surface area contributed by atoms with Crippen molar-refractivity contribution in [1.82, 2.24) is 10.3 Å². The molecular weight excluding hydrogens is 286 g/mol. The summed E-state index contributed by atoms with van der Waals surface area (Å²) < 4.78 is 4.93. The van der Waals surface area contributed by atoms with Crippen molar-refractivity contribution in [2.24, 2.45) is 0 Å². The number of nitrogens with zero attached hydrogens (tertiary/aromatic N) is 1. The summed E-state index contributed by atoms with van der Waals surface area (Å²) >= 11 is 1.37. The Kier molecular flexibility index (Phi) is 4.07. The second-order valence-electron chi connectivity index (χ2n) is 5.25. The molecule has 0 fully saturated rings. The minimum atomic E-state index is -0.148. The van der Waals surface area contributed by atoms with Gasteiger partial charge in [-0.15, -0.1) is 11.3 Å². The quantitative estimate of drug-likeness (QED) is 0.848. The van der Waals surface area contributed by atoms with Crippen LogP contribution in [0.2, 0.25) is 0 Å². The van der Waals surface area contributed by atoms with Gasteiger partial charge in [0, 0.05) is 24.7 Å². The van der Waals surface area contributed by atoms with Crippen molar-refractivity contribution in [1.29, 1.82) is 0 Å². The maximum absolute atomic E-state index is 12.2. The number of thiophene rings is 1. The predicted molar refractivity (Wildman–Crippen MR) is 84.9 cm³/mol. The molecule has 0 aliphatic heterocycles. The van der Waals surface area contributed by atoms with E-state index < -0.39 is 0 Å². The summed E-state index contributed by atoms with van der Waals surface area (Å²) in [5.74, 6) is -0.148. The molecule has 3 N–H and O–H groups in total. The van der Waals surface area contributed by atoms with E-state index in [4.69, 9.17) is 15.5 Å². The van der Waals surface area contributed by atoms with Gasteiger partial charge in [0.15, 0.2) is 0 Å². The molecule has 0 bridgehead atoms. The lowest BCUT2D eigenvalue weighted by Gasteiger charge is -2.14. The first kappa shape index (κ1) is 14.3. The third-order valence-electron chi connectivity index (χ3n) is 3.80. The van der Waals surface area contributed by atoms with Gasteiger partial charge >= 0.3 is 0 Å². The third-order valence-corrected chi connectivity index (χ3v) is 4.91. The maximum Gasteiger partial charge on any atom is 0.263 e. The van der Waals surface area contributed by atoms with Crippen molar-refractivity contribution >= 4 is 33.1 Å². The second kappa shape index (κ2) is 5.99. The van der Waals surface area contributed by atoms with Crippen LogP contribution in [0.4, 0.5) is 5.69 Å². The Hall–Kier alpha value is -1.66. The summed E-state index contributed by atoms with van der Waals surface area (Å²) in [4.78, 5) is 18.3. The average Bonchev–Trinajstić information content (AvgIpc) is 2.82. The van der Waals surface area contributed by atoms with E-state index in [0.29, 0.717) is 23.7 Å². The third kappa shape index (κ3) is 2.73. The summed E-state index contributed by atoms with van der Waals surface area (Å²) in [6, 6.07) is 2.12. The zero-order valence-electron chi connectivity index (χ0n) is 12.1. The lowest BCUT2D eigenvalue weighted by Crippen LogP contribution is -2.26. The van der Waals surface area contributed by atoms with Crippen molar-refractivity contribution < 1.29 is 9.53 Å². The largest absolute Gasteiger partial charge is 0.397 e. The fraction of sp³-hybridized carbons (Fsp3) is 0.467. The van der Waals surface area contributed by atoms with Crippen LogP contribution in [0.25, 0.3) is 10.2 Å². The first-order chi connectivity index (χ1) is 10.2. The van der Waals surface area contributed by atoms with Crippen LogP contribution < -0.4 is 11.1 Å². The van der Waals surface area contributed by atoms with E-state index in [9.17, 15) is 4.79 Å². The van der Waals surface area contributed by atoms with E-state index in [0.717, 1.165) is 23.1 Å². The number of hydrogen-bond donors (Lipinski definition) is 2. The number of fused-ring (bicyclic) bond motifs is 2. The molecule has 0 unspecified atom stereocenters. The maximum atomic E-state index is 12.2. The molecule has 2 aromatic rings. The highest BCUT2D eigenvalue weighted by molar-refractivity contribution is 7.21. The first-order valence-electron chi connectivity index (χ1n) is 7.18. The Morgan fingerprint density at radius 2 is 2.29 bits per heavy atom. The Morgan fingerprint density at radius 3 is 3.10 bits per heavy atom. The number of anilines is 1. The minimum absolute atomic E-state index is 0.148. The molecule has 0 spiro atoms. The topological polar surface area (TPSA) is 77.2 Å². The number of aryl methyl sites for hydroxylation is 2. The van der Waals surface area contributed by atoms with Gasteiger partial charge in [-0.3, -0.25) is 4.79 Å². The van der Waals surface area contributed by atoms with Gasteiger partial charge in [-0.05, 0) is 37.3 Å². The highest BCUT2D eigenvalue weighted by Crippen LogP contribution is 2.35. The van der Waals surface area contributed by atoms with E-state index in [1.807, 2.05) is 0 Å². The standard InChI is InChI=1S/C15H19N3O2S/c1-20-7-6-17-14(19)13-12(16)10-8-9-4-2-3-5-11(9)18-15(10)21-13/h8H,2-7,16H2,1H3,(H,17,19). The van der Waals surface area contributed by atoms with Crippen molar-refractivity contribution in [3.05, 3.63) is 22.2 Å². The van der Waals surface area contributed by atoms with Crippen molar-refractivity contribution in [2.45, 2.75) is 25.7 Å². The lowest BCUT2D eigenvalue weighted by atomic mass is 9.95. The fourth-order valence-electron chi connectivity index (χ4n) is 2.67. The number of nitrogen functional groups attached to an aromatic ring is 1. The van der Waals surface area contributed by atoms with Gasteiger partial charge in [-0.25, -0.2) is 4.98 Å². The molecule has 0 radical (unpaired) electrons. The molecule has 5 nitrogen and oxygen atoms in total. The molecule has 0 saturated heterocycles. The number of nitrogens with one attached hydrogen (secondary N) is 1. The summed E-state index contributed by atoms with van der Waals surface area (Å²) in [7, 11) is 1.61. The molecule has 0 atom stereocenters. The van der Waals surface area contributed by atoms with Gasteiger partial charge in [-0.2, -0.15) is 0 Å². The number of pyridine rings is 1. The van der Waals surface area contributed by atoms with Gasteiger partial charge in [0.2, 0.25) is 0 Å². The molecule has 1 aliphatic rings.